The van der Waals surface area contributed by atoms with Gasteiger partial charge in [-0.15, -0.1) is 11.3 Å². The Hall–Kier alpha value is -0.640. The molecule has 1 N–H and O–H groups in total. The number of nitrogens with one attached hydrogen (secondary N) is 1. The van der Waals surface area contributed by atoms with E-state index in [1.165, 1.54) is 27.8 Å². The van der Waals surface area contributed by atoms with Gasteiger partial charge < -0.3 is 5.32 Å². The summed E-state index contributed by atoms with van der Waals surface area (Å²) in [6.45, 7) is 0. The third-order valence-corrected chi connectivity index (χ3v) is 5.10. The summed E-state index contributed by atoms with van der Waals surface area (Å²) in [5, 5.41) is 5.55. The van der Waals surface area contributed by atoms with Gasteiger partial charge in [0.1, 0.15) is 0 Å². The highest BCUT2D eigenvalue weighted by molar-refractivity contribution is 9.10. The number of aryl methyl sites for hydroxylation is 1. The monoisotopic (exact) mass is 323 g/mol. The van der Waals surface area contributed by atoms with Crippen LogP contribution in [-0.2, 0) is 6.42 Å². The van der Waals surface area contributed by atoms with E-state index in [0.717, 1.165) is 6.42 Å². The van der Waals surface area contributed by atoms with E-state index in [4.69, 9.17) is 0 Å². The molecule has 1 nitrogen and oxygen atoms in total. The summed E-state index contributed by atoms with van der Waals surface area (Å²) in [7, 11) is 2.04. The Morgan fingerprint density at radius 1 is 1.22 bits per heavy atom. The molecule has 0 saturated carbocycles. The fraction of sp³-hybridized carbons (Fsp3) is 0.333. The molecule has 0 spiro atoms. The van der Waals surface area contributed by atoms with Gasteiger partial charge >= 0.3 is 0 Å². The van der Waals surface area contributed by atoms with Crippen LogP contribution in [-0.4, -0.2) is 7.05 Å². The van der Waals surface area contributed by atoms with Gasteiger partial charge in [-0.25, -0.2) is 0 Å². The van der Waals surface area contributed by atoms with Crippen molar-refractivity contribution in [2.24, 2.45) is 0 Å². The maximum absolute atomic E-state index is 3.61. The fourth-order valence-electron chi connectivity index (χ4n) is 2.12. The summed E-state index contributed by atoms with van der Waals surface area (Å²) in [6.07, 6.45) is 3.53. The zero-order valence-corrected chi connectivity index (χ0v) is 12.9. The van der Waals surface area contributed by atoms with Gasteiger partial charge in [-0.2, -0.15) is 0 Å². The molecule has 0 aliphatic carbocycles. The summed E-state index contributed by atoms with van der Waals surface area (Å²) >= 11 is 5.43. The predicted octanol–water partition coefficient (Wildman–Crippen LogP) is 4.79. The molecule has 96 valence electrons. The lowest BCUT2D eigenvalue weighted by Gasteiger charge is -2.15. The Kier molecular flexibility index (Phi) is 5.42. The van der Waals surface area contributed by atoms with Crippen LogP contribution in [0, 0.1) is 0 Å². The third kappa shape index (κ3) is 3.67. The van der Waals surface area contributed by atoms with E-state index in [0.29, 0.717) is 6.04 Å². The highest BCUT2D eigenvalue weighted by atomic mass is 79.9. The molecule has 1 aromatic carbocycles. The van der Waals surface area contributed by atoms with Crippen LogP contribution in [0.25, 0.3) is 0 Å². The lowest BCUT2D eigenvalue weighted by atomic mass is 10.0. The minimum absolute atomic E-state index is 0.461. The first-order valence-electron chi connectivity index (χ1n) is 6.25. The lowest BCUT2D eigenvalue weighted by molar-refractivity contribution is 0.533. The maximum atomic E-state index is 3.61. The van der Waals surface area contributed by atoms with Crippen molar-refractivity contribution in [3.8, 4) is 0 Å². The Bertz CT molecular complexity index is 466. The van der Waals surface area contributed by atoms with E-state index in [1.54, 1.807) is 0 Å². The number of thiophene rings is 1. The van der Waals surface area contributed by atoms with Crippen LogP contribution in [0.5, 0.6) is 0 Å². The summed E-state index contributed by atoms with van der Waals surface area (Å²) < 4.78 is 1.23. The van der Waals surface area contributed by atoms with Crippen molar-refractivity contribution in [1.29, 1.82) is 0 Å². The molecule has 0 aliphatic rings. The molecule has 1 aromatic heterocycles. The van der Waals surface area contributed by atoms with E-state index in [9.17, 15) is 0 Å². The van der Waals surface area contributed by atoms with Crippen molar-refractivity contribution in [3.63, 3.8) is 0 Å². The average molecular weight is 324 g/mol. The molecule has 18 heavy (non-hydrogen) atoms. The van der Waals surface area contributed by atoms with Crippen LogP contribution in [0.3, 0.4) is 0 Å². The summed E-state index contributed by atoms with van der Waals surface area (Å²) in [4.78, 5) is 1.41. The highest BCUT2D eigenvalue weighted by Crippen LogP contribution is 2.31. The van der Waals surface area contributed by atoms with Crippen LogP contribution < -0.4 is 5.32 Å². The summed E-state index contributed by atoms with van der Waals surface area (Å²) in [5.74, 6) is 0. The smallest absolute Gasteiger partial charge is 0.0423 e. The number of hydrogen-bond donors (Lipinski definition) is 1. The second-order valence-corrected chi connectivity index (χ2v) is 6.15. The van der Waals surface area contributed by atoms with Crippen LogP contribution in [0.15, 0.2) is 46.3 Å². The lowest BCUT2D eigenvalue weighted by Crippen LogP contribution is -2.15. The van der Waals surface area contributed by atoms with E-state index in [-0.39, 0.29) is 0 Å². The predicted molar refractivity (Wildman–Crippen MR) is 83.2 cm³/mol. The molecule has 0 fully saturated rings. The number of rotatable bonds is 6. The van der Waals surface area contributed by atoms with Gasteiger partial charge in [-0.05, 0) is 59.2 Å². The molecule has 0 amide bonds. The molecule has 2 aromatic rings. The molecule has 0 aliphatic heterocycles. The van der Waals surface area contributed by atoms with Gasteiger partial charge in [0, 0.05) is 15.4 Å². The number of benzene rings is 1. The minimum atomic E-state index is 0.461. The zero-order valence-electron chi connectivity index (χ0n) is 10.5. The topological polar surface area (TPSA) is 12.0 Å². The quantitative estimate of drug-likeness (QED) is 0.805. The van der Waals surface area contributed by atoms with Crippen molar-refractivity contribution in [3.05, 3.63) is 56.7 Å². The first-order valence-corrected chi connectivity index (χ1v) is 7.92. The number of halogens is 1. The van der Waals surface area contributed by atoms with E-state index < -0.39 is 0 Å². The summed E-state index contributed by atoms with van der Waals surface area (Å²) in [6, 6.07) is 13.3. The van der Waals surface area contributed by atoms with Crippen molar-refractivity contribution >= 4 is 27.3 Å². The van der Waals surface area contributed by atoms with Gasteiger partial charge in [-0.3, -0.25) is 0 Å². The standard InChI is InChI=1S/C15H18BrNS/c1-17-14(15-13(16)10-11-18-15)9-5-8-12-6-3-2-4-7-12/h2-4,6-7,10-11,14,17H,5,8-9H2,1H3. The van der Waals surface area contributed by atoms with Crippen molar-refractivity contribution < 1.29 is 0 Å². The van der Waals surface area contributed by atoms with E-state index in [1.807, 2.05) is 18.4 Å². The first-order chi connectivity index (χ1) is 8.81. The van der Waals surface area contributed by atoms with Crippen molar-refractivity contribution in [2.45, 2.75) is 25.3 Å². The molecular weight excluding hydrogens is 306 g/mol. The first kappa shape index (κ1) is 13.8. The average Bonchev–Trinajstić information content (AvgIpc) is 2.82. The molecule has 3 heteroatoms. The maximum Gasteiger partial charge on any atom is 0.0423 e. The number of hydrogen-bond acceptors (Lipinski definition) is 2. The third-order valence-electron chi connectivity index (χ3n) is 3.11. The van der Waals surface area contributed by atoms with E-state index in [2.05, 4.69) is 63.0 Å². The molecule has 0 saturated heterocycles. The minimum Gasteiger partial charge on any atom is -0.312 e. The molecular formula is C15H18BrNS. The van der Waals surface area contributed by atoms with Crippen LogP contribution in [0.2, 0.25) is 0 Å². The molecule has 1 heterocycles. The van der Waals surface area contributed by atoms with E-state index >= 15 is 0 Å². The molecule has 0 bridgehead atoms. The molecule has 1 atom stereocenters. The normalized spacial score (nSPS) is 12.6. The molecule has 2 rings (SSSR count). The van der Waals surface area contributed by atoms with Crippen LogP contribution in [0.4, 0.5) is 0 Å². The summed E-state index contributed by atoms with van der Waals surface area (Å²) in [5.41, 5.74) is 1.43. The molecule has 0 radical (unpaired) electrons. The van der Waals surface area contributed by atoms with Gasteiger partial charge in [0.25, 0.3) is 0 Å². The van der Waals surface area contributed by atoms with Gasteiger partial charge in [0.2, 0.25) is 0 Å². The van der Waals surface area contributed by atoms with Crippen LogP contribution >= 0.6 is 27.3 Å². The van der Waals surface area contributed by atoms with Crippen LogP contribution in [0.1, 0.15) is 29.3 Å². The Balaban J connectivity index is 1.87. The van der Waals surface area contributed by atoms with Gasteiger partial charge in [0.15, 0.2) is 0 Å². The SMILES string of the molecule is CNC(CCCc1ccccc1)c1sccc1Br. The Morgan fingerprint density at radius 3 is 2.61 bits per heavy atom. The second kappa shape index (κ2) is 7.07. The largest absolute Gasteiger partial charge is 0.312 e. The highest BCUT2D eigenvalue weighted by Gasteiger charge is 2.13. The van der Waals surface area contributed by atoms with Gasteiger partial charge in [0.05, 0.1) is 0 Å². The fourth-order valence-corrected chi connectivity index (χ4v) is 3.91. The van der Waals surface area contributed by atoms with Crippen molar-refractivity contribution in [1.82, 2.24) is 5.32 Å². The Labute approximate surface area is 121 Å². The van der Waals surface area contributed by atoms with Crippen molar-refractivity contribution in [2.75, 3.05) is 7.05 Å². The second-order valence-electron chi connectivity index (χ2n) is 4.35. The zero-order chi connectivity index (χ0) is 12.8. The van der Waals surface area contributed by atoms with Gasteiger partial charge in [-0.1, -0.05) is 30.3 Å². The molecule has 1 unspecified atom stereocenters. The Morgan fingerprint density at radius 2 is 2.00 bits per heavy atom.